The molecule has 0 aromatic rings. The lowest BCUT2D eigenvalue weighted by atomic mass is 10.8. The Hall–Kier alpha value is -0.290. The Morgan fingerprint density at radius 1 is 1.50 bits per heavy atom. The molecule has 0 aliphatic carbocycles. The van der Waals surface area contributed by atoms with Crippen LogP contribution in [0.5, 0.6) is 0 Å². The van der Waals surface area contributed by atoms with Gasteiger partial charge in [-0.3, -0.25) is 0 Å². The number of aliphatic carboxylic acids is 1. The second-order valence-electron chi connectivity index (χ2n) is 1.65. The zero-order chi connectivity index (χ0) is 8.20. The third-order valence-electron chi connectivity index (χ3n) is 0.726. The lowest BCUT2D eigenvalue weighted by Gasteiger charge is -2.00. The largest absolute Gasteiger partial charge is 0.549 e. The maximum absolute atomic E-state index is 10.5. The second-order valence-corrected chi connectivity index (χ2v) is 4.22. The van der Waals surface area contributed by atoms with Gasteiger partial charge in [0.05, 0.1) is 17.5 Å². The van der Waals surface area contributed by atoms with Crippen LogP contribution < -0.4 is 5.11 Å². The van der Waals surface area contributed by atoms with Gasteiger partial charge in [-0.1, -0.05) is 0 Å². The highest BCUT2D eigenvalue weighted by molar-refractivity contribution is 7.92. The topological polar surface area (TPSA) is 74.3 Å². The molecule has 0 heterocycles. The SMILES string of the molecule is O=C([O-])CS(=O)(=O)CCCl. The Kier molecular flexibility index (Phi) is 3.67. The standard InChI is InChI=1S/C4H7ClO4S/c5-1-2-10(8,9)3-4(6)7/h1-3H2,(H,6,7)/p-1. The molecule has 0 aliphatic heterocycles. The Balaban J connectivity index is 4.02. The zero-order valence-corrected chi connectivity index (χ0v) is 6.61. The highest BCUT2D eigenvalue weighted by Crippen LogP contribution is 1.90. The molecule has 0 saturated carbocycles. The number of halogens is 1. The van der Waals surface area contributed by atoms with Crippen molar-refractivity contribution in [3.05, 3.63) is 0 Å². The number of hydrogen-bond donors (Lipinski definition) is 0. The van der Waals surface area contributed by atoms with E-state index in [1.165, 1.54) is 0 Å². The third-order valence-corrected chi connectivity index (χ3v) is 2.64. The summed E-state index contributed by atoms with van der Waals surface area (Å²) in [6.45, 7) is 0. The number of rotatable bonds is 4. The number of carboxylic acids is 1. The van der Waals surface area contributed by atoms with Crippen molar-refractivity contribution in [1.29, 1.82) is 0 Å². The van der Waals surface area contributed by atoms with Gasteiger partial charge in [-0.05, 0) is 0 Å². The summed E-state index contributed by atoms with van der Waals surface area (Å²) in [7, 11) is -3.52. The fraction of sp³-hybridized carbons (Fsp3) is 0.750. The molecule has 0 aliphatic rings. The van der Waals surface area contributed by atoms with Gasteiger partial charge in [0.1, 0.15) is 0 Å². The van der Waals surface area contributed by atoms with Crippen molar-refractivity contribution in [3.8, 4) is 0 Å². The van der Waals surface area contributed by atoms with E-state index < -0.39 is 21.6 Å². The summed E-state index contributed by atoms with van der Waals surface area (Å²) in [5.74, 6) is -2.94. The fourth-order valence-electron chi connectivity index (χ4n) is 0.369. The van der Waals surface area contributed by atoms with Crippen molar-refractivity contribution in [3.63, 3.8) is 0 Å². The van der Waals surface area contributed by atoms with Gasteiger partial charge in [0, 0.05) is 5.88 Å². The van der Waals surface area contributed by atoms with Gasteiger partial charge in [-0.15, -0.1) is 11.6 Å². The molecule has 0 spiro atoms. The summed E-state index contributed by atoms with van der Waals surface area (Å²) >= 11 is 5.08. The molecule has 10 heavy (non-hydrogen) atoms. The van der Waals surface area contributed by atoms with Crippen LogP contribution in [0, 0.1) is 0 Å². The molecule has 0 aromatic heterocycles. The van der Waals surface area contributed by atoms with Crippen molar-refractivity contribution >= 4 is 27.4 Å². The Labute approximate surface area is 63.7 Å². The van der Waals surface area contributed by atoms with Crippen LogP contribution in [0.25, 0.3) is 0 Å². The molecule has 0 bridgehead atoms. The maximum atomic E-state index is 10.5. The Morgan fingerprint density at radius 3 is 2.30 bits per heavy atom. The predicted octanol–water partition coefficient (Wildman–Crippen LogP) is -1.61. The fourth-order valence-corrected chi connectivity index (χ4v) is 1.81. The number of alkyl halides is 1. The van der Waals surface area contributed by atoms with E-state index in [2.05, 4.69) is 0 Å². The number of sulfone groups is 1. The van der Waals surface area contributed by atoms with Crippen molar-refractivity contribution in [2.45, 2.75) is 0 Å². The number of hydrogen-bond acceptors (Lipinski definition) is 4. The minimum absolute atomic E-state index is 0.0877. The van der Waals surface area contributed by atoms with Crippen molar-refractivity contribution in [2.24, 2.45) is 0 Å². The molecule has 0 radical (unpaired) electrons. The highest BCUT2D eigenvalue weighted by Gasteiger charge is 2.08. The predicted molar refractivity (Wildman–Crippen MR) is 34.4 cm³/mol. The van der Waals surface area contributed by atoms with Gasteiger partial charge in [0.15, 0.2) is 9.84 Å². The van der Waals surface area contributed by atoms with Gasteiger partial charge in [-0.25, -0.2) is 8.42 Å². The maximum Gasteiger partial charge on any atom is 0.156 e. The summed E-state index contributed by atoms with van der Waals surface area (Å²) in [5, 5.41) is 9.76. The molecule has 60 valence electrons. The van der Waals surface area contributed by atoms with E-state index >= 15 is 0 Å². The van der Waals surface area contributed by atoms with E-state index in [1.54, 1.807) is 0 Å². The number of carboxylic acid groups (broad SMARTS) is 1. The van der Waals surface area contributed by atoms with E-state index in [0.717, 1.165) is 0 Å². The molecule has 6 heteroatoms. The molecule has 0 saturated heterocycles. The molecule has 0 fully saturated rings. The van der Waals surface area contributed by atoms with Crippen LogP contribution in [0.3, 0.4) is 0 Å². The second kappa shape index (κ2) is 3.78. The van der Waals surface area contributed by atoms with Gasteiger partial charge >= 0.3 is 0 Å². The first-order valence-corrected chi connectivity index (χ1v) is 4.80. The first kappa shape index (κ1) is 9.71. The Bertz CT molecular complexity index is 207. The van der Waals surface area contributed by atoms with Crippen molar-refractivity contribution in [1.82, 2.24) is 0 Å². The number of carbonyl (C=O) groups excluding carboxylic acids is 1. The lowest BCUT2D eigenvalue weighted by Crippen LogP contribution is -2.32. The molecule has 0 aromatic carbocycles. The molecule has 0 N–H and O–H groups in total. The van der Waals surface area contributed by atoms with Crippen LogP contribution in [0.4, 0.5) is 0 Å². The van der Waals surface area contributed by atoms with Crippen LogP contribution >= 0.6 is 11.6 Å². The van der Waals surface area contributed by atoms with Crippen LogP contribution in [0.1, 0.15) is 0 Å². The monoisotopic (exact) mass is 185 g/mol. The quantitative estimate of drug-likeness (QED) is 0.494. The smallest absolute Gasteiger partial charge is 0.156 e. The highest BCUT2D eigenvalue weighted by atomic mass is 35.5. The van der Waals surface area contributed by atoms with E-state index in [0.29, 0.717) is 0 Å². The van der Waals surface area contributed by atoms with Crippen LogP contribution in [0.15, 0.2) is 0 Å². The molecule has 0 amide bonds. The summed E-state index contributed by atoms with van der Waals surface area (Å²) in [6.07, 6.45) is 0. The number of carbonyl (C=O) groups is 1. The molecule has 0 atom stereocenters. The van der Waals surface area contributed by atoms with Crippen LogP contribution in [-0.2, 0) is 14.6 Å². The normalized spacial score (nSPS) is 11.3. The first-order chi connectivity index (χ1) is 4.48. The molecular formula is C4H6ClO4S-. The van der Waals surface area contributed by atoms with Gasteiger partial charge in [0.25, 0.3) is 0 Å². The lowest BCUT2D eigenvalue weighted by molar-refractivity contribution is -0.301. The van der Waals surface area contributed by atoms with Crippen LogP contribution in [-0.4, -0.2) is 31.8 Å². The minimum atomic E-state index is -3.52. The average Bonchev–Trinajstić information content (AvgIpc) is 1.59. The molecule has 0 unspecified atom stereocenters. The third kappa shape index (κ3) is 4.58. The summed E-state index contributed by atoms with van der Waals surface area (Å²) in [6, 6.07) is 0. The van der Waals surface area contributed by atoms with Gasteiger partial charge < -0.3 is 9.90 Å². The molecular weight excluding hydrogens is 180 g/mol. The van der Waals surface area contributed by atoms with E-state index in [4.69, 9.17) is 11.6 Å². The minimum Gasteiger partial charge on any atom is -0.549 e. The summed E-state index contributed by atoms with van der Waals surface area (Å²) < 4.78 is 21.1. The zero-order valence-electron chi connectivity index (χ0n) is 5.04. The van der Waals surface area contributed by atoms with Crippen LogP contribution in [0.2, 0.25) is 0 Å². The van der Waals surface area contributed by atoms with E-state index in [9.17, 15) is 18.3 Å². The first-order valence-electron chi connectivity index (χ1n) is 2.44. The summed E-state index contributed by atoms with van der Waals surface area (Å²) in [5.41, 5.74) is 0. The molecule has 0 rings (SSSR count). The van der Waals surface area contributed by atoms with E-state index in [1.807, 2.05) is 0 Å². The van der Waals surface area contributed by atoms with Gasteiger partial charge in [0.2, 0.25) is 0 Å². The van der Waals surface area contributed by atoms with Gasteiger partial charge in [-0.2, -0.15) is 0 Å². The Morgan fingerprint density at radius 2 is 2.00 bits per heavy atom. The molecule has 4 nitrogen and oxygen atoms in total. The van der Waals surface area contributed by atoms with E-state index in [-0.39, 0.29) is 11.6 Å². The summed E-state index contributed by atoms with van der Waals surface area (Å²) in [4.78, 5) is 9.76. The van der Waals surface area contributed by atoms with Crippen molar-refractivity contribution < 1.29 is 18.3 Å². The van der Waals surface area contributed by atoms with Crippen molar-refractivity contribution in [2.75, 3.05) is 17.4 Å². The average molecular weight is 186 g/mol.